The van der Waals surface area contributed by atoms with E-state index >= 15 is 0 Å². The molecular formula is C21H18NO7-. The van der Waals surface area contributed by atoms with E-state index in [9.17, 15) is 24.6 Å². The summed E-state index contributed by atoms with van der Waals surface area (Å²) in [6.07, 6.45) is 0. The van der Waals surface area contributed by atoms with Gasteiger partial charge in [-0.3, -0.25) is 14.5 Å². The van der Waals surface area contributed by atoms with Gasteiger partial charge in [0, 0.05) is 22.9 Å². The molecule has 3 rings (SSSR count). The van der Waals surface area contributed by atoms with Crippen molar-refractivity contribution >= 4 is 23.3 Å². The van der Waals surface area contributed by atoms with Crippen LogP contribution in [0.3, 0.4) is 0 Å². The monoisotopic (exact) mass is 396 g/mol. The summed E-state index contributed by atoms with van der Waals surface area (Å²) in [5, 5.41) is 21.9. The van der Waals surface area contributed by atoms with Gasteiger partial charge >= 0.3 is 5.97 Å². The van der Waals surface area contributed by atoms with Crippen molar-refractivity contribution in [2.24, 2.45) is 0 Å². The fraction of sp³-hybridized carbons (Fsp3) is 0.190. The standard InChI is InChI=1S/C21H19NO7/c1-11(23)17-18(15-8-7-14(28-2)10-16(15)29-3)22(20(25)19(17)24)13-6-4-5-12(9-13)21(26)27/h4-10,18,24H,1-3H3,(H,26,27)/p-1/t18-/m0/s1. The van der Waals surface area contributed by atoms with E-state index in [4.69, 9.17) is 9.47 Å². The molecule has 2 aromatic carbocycles. The molecule has 0 aliphatic carbocycles. The van der Waals surface area contributed by atoms with Crippen LogP contribution in [0.5, 0.6) is 11.5 Å². The van der Waals surface area contributed by atoms with Crippen LogP contribution in [0.15, 0.2) is 53.8 Å². The lowest BCUT2D eigenvalue weighted by Crippen LogP contribution is -2.32. The Morgan fingerprint density at radius 3 is 2.41 bits per heavy atom. The van der Waals surface area contributed by atoms with Gasteiger partial charge in [0.2, 0.25) is 5.91 Å². The predicted octanol–water partition coefficient (Wildman–Crippen LogP) is 1.69. The van der Waals surface area contributed by atoms with Crippen LogP contribution < -0.4 is 19.5 Å². The fourth-order valence-electron chi connectivity index (χ4n) is 3.34. The topological polar surface area (TPSA) is 116 Å². The van der Waals surface area contributed by atoms with E-state index in [0.29, 0.717) is 17.1 Å². The Hall–Kier alpha value is -3.81. The molecule has 1 aliphatic heterocycles. The Morgan fingerprint density at radius 1 is 1.10 bits per heavy atom. The van der Waals surface area contributed by atoms with Crippen molar-refractivity contribution in [1.82, 2.24) is 0 Å². The van der Waals surface area contributed by atoms with Crippen molar-refractivity contribution in [3.8, 4) is 11.5 Å². The average Bonchev–Trinajstić information content (AvgIpc) is 2.98. The molecule has 1 aliphatic rings. The third-order valence-electron chi connectivity index (χ3n) is 4.68. The fourth-order valence-corrected chi connectivity index (χ4v) is 3.34. The second-order valence-corrected chi connectivity index (χ2v) is 6.34. The summed E-state index contributed by atoms with van der Waals surface area (Å²) in [6.45, 7) is 1.21. The van der Waals surface area contributed by atoms with Gasteiger partial charge in [-0.1, -0.05) is 6.07 Å². The highest BCUT2D eigenvalue weighted by atomic mass is 16.5. The Bertz CT molecular complexity index is 1040. The summed E-state index contributed by atoms with van der Waals surface area (Å²) >= 11 is 0. The summed E-state index contributed by atoms with van der Waals surface area (Å²) < 4.78 is 10.6. The summed E-state index contributed by atoms with van der Waals surface area (Å²) in [5.74, 6) is -2.77. The molecule has 0 radical (unpaired) electrons. The van der Waals surface area contributed by atoms with E-state index in [1.54, 1.807) is 18.2 Å². The molecule has 0 spiro atoms. The highest BCUT2D eigenvalue weighted by Crippen LogP contribution is 2.44. The molecule has 0 fully saturated rings. The molecule has 8 heteroatoms. The van der Waals surface area contributed by atoms with Crippen molar-refractivity contribution in [2.45, 2.75) is 13.0 Å². The van der Waals surface area contributed by atoms with Gasteiger partial charge in [0.15, 0.2) is 5.78 Å². The van der Waals surface area contributed by atoms with Crippen LogP contribution in [0.4, 0.5) is 5.69 Å². The number of hydrogen-bond donors (Lipinski definition) is 1. The number of amides is 1. The lowest BCUT2D eigenvalue weighted by molar-refractivity contribution is -0.298. The van der Waals surface area contributed by atoms with Crippen molar-refractivity contribution < 1.29 is 34.1 Å². The smallest absolute Gasteiger partial charge is 0.335 e. The number of ether oxygens (including phenoxy) is 2. The summed E-state index contributed by atoms with van der Waals surface area (Å²) in [5.41, 5.74) is 0.319. The lowest BCUT2D eigenvalue weighted by atomic mass is 9.95. The number of ketones is 1. The normalized spacial score (nSPS) is 16.2. The van der Waals surface area contributed by atoms with Crippen LogP contribution in [0.1, 0.15) is 28.9 Å². The molecule has 1 heterocycles. The zero-order valence-corrected chi connectivity index (χ0v) is 16.0. The van der Waals surface area contributed by atoms with Gasteiger partial charge in [-0.05, 0) is 43.0 Å². The second-order valence-electron chi connectivity index (χ2n) is 6.34. The van der Waals surface area contributed by atoms with Crippen LogP contribution in [-0.2, 0) is 9.59 Å². The minimum atomic E-state index is -1.18. The Labute approximate surface area is 166 Å². The number of hydrogen-bond acceptors (Lipinski definition) is 6. The maximum Gasteiger partial charge on any atom is 0.335 e. The molecule has 1 N–H and O–H groups in total. The third kappa shape index (κ3) is 3.40. The Morgan fingerprint density at radius 2 is 1.83 bits per heavy atom. The third-order valence-corrected chi connectivity index (χ3v) is 4.68. The molecule has 0 saturated carbocycles. The van der Waals surface area contributed by atoms with Crippen LogP contribution in [0, 0.1) is 0 Å². The first-order valence-electron chi connectivity index (χ1n) is 8.61. The molecule has 0 aromatic heterocycles. The number of carboxylic acids is 1. The second kappa shape index (κ2) is 7.67. The first kappa shape index (κ1) is 19.9. The number of methoxy groups -OCH3 is 2. The lowest BCUT2D eigenvalue weighted by Gasteiger charge is -2.29. The Balaban J connectivity index is 2.24. The van der Waals surface area contributed by atoms with Crippen LogP contribution in [0.2, 0.25) is 0 Å². The van der Waals surface area contributed by atoms with Crippen LogP contribution in [-0.4, -0.2) is 37.0 Å². The van der Waals surface area contributed by atoms with E-state index in [2.05, 4.69) is 0 Å². The number of rotatable bonds is 6. The van der Waals surface area contributed by atoms with Gasteiger partial charge in [-0.25, -0.2) is 4.79 Å². The summed E-state index contributed by atoms with van der Waals surface area (Å²) in [7, 11) is 2.90. The summed E-state index contributed by atoms with van der Waals surface area (Å²) in [6, 6.07) is 9.35. The van der Waals surface area contributed by atoms with Crippen molar-refractivity contribution in [2.75, 3.05) is 19.1 Å². The summed E-state index contributed by atoms with van der Waals surface area (Å²) in [4.78, 5) is 37.5. The molecule has 0 unspecified atom stereocenters. The van der Waals surface area contributed by atoms with Gasteiger partial charge in [-0.2, -0.15) is 0 Å². The number of Topliss-reactive ketones (excluding diaryl/α,β-unsaturated/α-hetero) is 1. The maximum absolute atomic E-state index is 12.8. The first-order valence-corrected chi connectivity index (χ1v) is 8.61. The Kier molecular flexibility index (Phi) is 5.27. The first-order chi connectivity index (χ1) is 13.8. The number of anilines is 1. The highest BCUT2D eigenvalue weighted by molar-refractivity contribution is 6.16. The maximum atomic E-state index is 12.8. The van der Waals surface area contributed by atoms with Crippen LogP contribution >= 0.6 is 0 Å². The van der Waals surface area contributed by atoms with Gasteiger partial charge in [-0.15, -0.1) is 0 Å². The van der Waals surface area contributed by atoms with Gasteiger partial charge in [0.25, 0.3) is 0 Å². The molecule has 1 amide bonds. The van der Waals surface area contributed by atoms with E-state index in [1.807, 2.05) is 0 Å². The van der Waals surface area contributed by atoms with E-state index in [-0.39, 0.29) is 16.8 Å². The number of carbonyl (C=O) groups excluding carboxylic acids is 2. The number of nitrogens with zero attached hydrogens (tertiary/aromatic N) is 1. The zero-order valence-electron chi connectivity index (χ0n) is 16.0. The molecule has 2 aromatic rings. The van der Waals surface area contributed by atoms with E-state index in [0.717, 1.165) is 4.90 Å². The minimum Gasteiger partial charge on any atom is -0.868 e. The van der Waals surface area contributed by atoms with Gasteiger partial charge < -0.3 is 19.7 Å². The number of carbonyl (C=O) groups is 3. The van der Waals surface area contributed by atoms with Gasteiger partial charge in [0.1, 0.15) is 11.5 Å². The predicted molar refractivity (Wildman–Crippen MR) is 101 cm³/mol. The van der Waals surface area contributed by atoms with Gasteiger partial charge in [0.05, 0.1) is 25.8 Å². The molecule has 0 bridgehead atoms. The van der Waals surface area contributed by atoms with Crippen LogP contribution in [0.25, 0.3) is 0 Å². The SMILES string of the molecule is COc1ccc([C@H]2C(C(C)=O)=C([O-])C(=O)N2c2cccc(C(=O)O)c2)c(OC)c1. The molecule has 1 atom stereocenters. The number of aromatic carboxylic acids is 1. The number of benzene rings is 2. The molecule has 150 valence electrons. The minimum absolute atomic E-state index is 0.0560. The molecule has 29 heavy (non-hydrogen) atoms. The largest absolute Gasteiger partial charge is 0.868 e. The molecular weight excluding hydrogens is 378 g/mol. The van der Waals surface area contributed by atoms with E-state index < -0.39 is 29.5 Å². The van der Waals surface area contributed by atoms with Crippen molar-refractivity contribution in [1.29, 1.82) is 0 Å². The molecule has 8 nitrogen and oxygen atoms in total. The quantitative estimate of drug-likeness (QED) is 0.790. The van der Waals surface area contributed by atoms with E-state index in [1.165, 1.54) is 45.4 Å². The molecule has 0 saturated heterocycles. The average molecular weight is 396 g/mol. The number of carboxylic acid groups (broad SMARTS) is 1. The van der Waals surface area contributed by atoms with Crippen molar-refractivity contribution in [3.63, 3.8) is 0 Å². The zero-order chi connectivity index (χ0) is 21.3. The highest BCUT2D eigenvalue weighted by Gasteiger charge is 2.40. The van der Waals surface area contributed by atoms with Crippen molar-refractivity contribution in [3.05, 3.63) is 64.9 Å².